The minimum Gasteiger partial charge on any atom is -0.343 e. The lowest BCUT2D eigenvalue weighted by Gasteiger charge is -1.90. The van der Waals surface area contributed by atoms with Crippen LogP contribution in [0.3, 0.4) is 0 Å². The van der Waals surface area contributed by atoms with Gasteiger partial charge in [-0.2, -0.15) is 0 Å². The highest BCUT2D eigenvalue weighted by Gasteiger charge is 1.86. The fourth-order valence-electron chi connectivity index (χ4n) is 0.765. The lowest BCUT2D eigenvalue weighted by Crippen LogP contribution is -1.88. The van der Waals surface area contributed by atoms with Crippen LogP contribution in [-0.2, 0) is 6.54 Å². The van der Waals surface area contributed by atoms with E-state index in [1.807, 2.05) is 30.0 Å². The molecule has 46 valence electrons. The van der Waals surface area contributed by atoms with Gasteiger partial charge >= 0.3 is 0 Å². The Labute approximate surface area is 55.3 Å². The molecule has 0 atom stereocenters. The van der Waals surface area contributed by atoms with Gasteiger partial charge in [0.05, 0.1) is 6.54 Å². The van der Waals surface area contributed by atoms with Gasteiger partial charge in [-0.25, -0.2) is 0 Å². The summed E-state index contributed by atoms with van der Waals surface area (Å²) in [4.78, 5) is 0. The van der Waals surface area contributed by atoms with Crippen molar-refractivity contribution in [2.75, 3.05) is 0 Å². The zero-order chi connectivity index (χ0) is 6.69. The van der Waals surface area contributed by atoms with Crippen molar-refractivity contribution in [2.24, 2.45) is 0 Å². The van der Waals surface area contributed by atoms with Crippen molar-refractivity contribution in [3.63, 3.8) is 0 Å². The third-order valence-corrected chi connectivity index (χ3v) is 1.17. The van der Waals surface area contributed by atoms with E-state index in [0.29, 0.717) is 6.54 Å². The number of aromatic nitrogens is 1. The summed E-state index contributed by atoms with van der Waals surface area (Å²) in [5.74, 6) is 2.56. The maximum absolute atomic E-state index is 5.10. The Morgan fingerprint density at radius 2 is 2.56 bits per heavy atom. The van der Waals surface area contributed by atoms with Crippen LogP contribution in [-0.4, -0.2) is 4.57 Å². The molecule has 0 radical (unpaired) electrons. The first kappa shape index (κ1) is 5.97. The van der Waals surface area contributed by atoms with Gasteiger partial charge in [0, 0.05) is 12.4 Å². The second-order valence-corrected chi connectivity index (χ2v) is 2.07. The molecule has 0 aromatic carbocycles. The number of nitrogens with zero attached hydrogens (tertiary/aromatic N) is 1. The molecular formula is C8H9N. The number of hydrogen-bond donors (Lipinski definition) is 0. The van der Waals surface area contributed by atoms with Crippen molar-refractivity contribution in [1.29, 1.82) is 0 Å². The molecule has 1 aromatic rings. The molecule has 1 heterocycles. The minimum atomic E-state index is 0.674. The number of rotatable bonds is 1. The summed E-state index contributed by atoms with van der Waals surface area (Å²) < 4.78 is 1.98. The van der Waals surface area contributed by atoms with Crippen molar-refractivity contribution >= 4 is 0 Å². The Kier molecular flexibility index (Phi) is 1.60. The minimum absolute atomic E-state index is 0.674. The average molecular weight is 119 g/mol. The standard InChI is InChI=1S/C8H9N/c1-3-5-9-6-4-8(2)7-9/h1,4,6-7H,5H2,2H3. The fourth-order valence-corrected chi connectivity index (χ4v) is 0.765. The molecule has 1 nitrogen and oxygen atoms in total. The van der Waals surface area contributed by atoms with Crippen molar-refractivity contribution < 1.29 is 0 Å². The molecule has 1 heteroatoms. The first-order chi connectivity index (χ1) is 4.33. The van der Waals surface area contributed by atoms with Gasteiger partial charge < -0.3 is 4.57 Å². The van der Waals surface area contributed by atoms with E-state index in [1.54, 1.807) is 0 Å². The Morgan fingerprint density at radius 1 is 1.78 bits per heavy atom. The summed E-state index contributed by atoms with van der Waals surface area (Å²) in [7, 11) is 0. The van der Waals surface area contributed by atoms with E-state index in [0.717, 1.165) is 0 Å². The second kappa shape index (κ2) is 2.41. The third-order valence-electron chi connectivity index (χ3n) is 1.17. The molecule has 0 saturated heterocycles. The first-order valence-electron chi connectivity index (χ1n) is 2.89. The molecule has 0 saturated carbocycles. The Balaban J connectivity index is 2.76. The molecule has 0 aliphatic heterocycles. The lowest BCUT2D eigenvalue weighted by atomic mass is 10.4. The molecule has 9 heavy (non-hydrogen) atoms. The van der Waals surface area contributed by atoms with Gasteiger partial charge in [0.15, 0.2) is 0 Å². The second-order valence-electron chi connectivity index (χ2n) is 2.07. The molecule has 0 unspecified atom stereocenters. The highest BCUT2D eigenvalue weighted by atomic mass is 14.9. The summed E-state index contributed by atoms with van der Waals surface area (Å²) in [5.41, 5.74) is 1.25. The van der Waals surface area contributed by atoms with Crippen LogP contribution in [0.2, 0.25) is 0 Å². The van der Waals surface area contributed by atoms with Crippen molar-refractivity contribution in [3.05, 3.63) is 24.0 Å². The molecule has 0 N–H and O–H groups in total. The SMILES string of the molecule is C#CCn1ccc(C)c1. The predicted molar refractivity (Wildman–Crippen MR) is 38.0 cm³/mol. The Morgan fingerprint density at radius 3 is 3.00 bits per heavy atom. The van der Waals surface area contributed by atoms with E-state index < -0.39 is 0 Å². The maximum atomic E-state index is 5.10. The molecule has 0 bridgehead atoms. The smallest absolute Gasteiger partial charge is 0.0829 e. The highest BCUT2D eigenvalue weighted by molar-refractivity contribution is 5.08. The van der Waals surface area contributed by atoms with Gasteiger partial charge in [-0.1, -0.05) is 5.92 Å². The third kappa shape index (κ3) is 1.36. The van der Waals surface area contributed by atoms with Crippen LogP contribution in [0, 0.1) is 19.3 Å². The Bertz CT molecular complexity index is 227. The van der Waals surface area contributed by atoms with Crippen molar-refractivity contribution in [1.82, 2.24) is 4.57 Å². The van der Waals surface area contributed by atoms with Crippen molar-refractivity contribution in [3.8, 4) is 12.3 Å². The van der Waals surface area contributed by atoms with Gasteiger partial charge in [0.2, 0.25) is 0 Å². The molecular weight excluding hydrogens is 110 g/mol. The summed E-state index contributed by atoms with van der Waals surface area (Å²) in [5, 5.41) is 0. The normalized spacial score (nSPS) is 8.89. The van der Waals surface area contributed by atoms with Crippen molar-refractivity contribution in [2.45, 2.75) is 13.5 Å². The molecule has 0 fully saturated rings. The van der Waals surface area contributed by atoms with E-state index in [-0.39, 0.29) is 0 Å². The molecule has 1 rings (SSSR count). The van der Waals surface area contributed by atoms with Gasteiger partial charge in [-0.15, -0.1) is 6.42 Å². The van der Waals surface area contributed by atoms with Crippen LogP contribution in [0.5, 0.6) is 0 Å². The van der Waals surface area contributed by atoms with Gasteiger partial charge in [0.25, 0.3) is 0 Å². The number of terminal acetylenes is 1. The first-order valence-corrected chi connectivity index (χ1v) is 2.89. The summed E-state index contributed by atoms with van der Waals surface area (Å²) in [6.45, 7) is 2.72. The summed E-state index contributed by atoms with van der Waals surface area (Å²) in [6, 6.07) is 2.04. The summed E-state index contributed by atoms with van der Waals surface area (Å²) in [6.07, 6.45) is 9.11. The van der Waals surface area contributed by atoms with Crippen LogP contribution in [0.1, 0.15) is 5.56 Å². The fraction of sp³-hybridized carbons (Fsp3) is 0.250. The topological polar surface area (TPSA) is 4.93 Å². The van der Waals surface area contributed by atoms with E-state index in [9.17, 15) is 0 Å². The Hall–Kier alpha value is -1.16. The monoisotopic (exact) mass is 119 g/mol. The average Bonchev–Trinajstić information content (AvgIpc) is 2.17. The number of hydrogen-bond acceptors (Lipinski definition) is 0. The predicted octanol–water partition coefficient (Wildman–Crippen LogP) is 1.43. The van der Waals surface area contributed by atoms with Gasteiger partial charge in [0.1, 0.15) is 0 Å². The van der Waals surface area contributed by atoms with E-state index in [2.05, 4.69) is 5.92 Å². The molecule has 0 spiro atoms. The molecule has 0 aliphatic rings. The summed E-state index contributed by atoms with van der Waals surface area (Å²) >= 11 is 0. The van der Waals surface area contributed by atoms with Gasteiger partial charge in [-0.05, 0) is 18.6 Å². The maximum Gasteiger partial charge on any atom is 0.0829 e. The molecule has 1 aromatic heterocycles. The van der Waals surface area contributed by atoms with E-state index >= 15 is 0 Å². The van der Waals surface area contributed by atoms with E-state index in [1.165, 1.54) is 5.56 Å². The van der Waals surface area contributed by atoms with Crippen LogP contribution in [0.4, 0.5) is 0 Å². The zero-order valence-electron chi connectivity index (χ0n) is 5.46. The largest absolute Gasteiger partial charge is 0.343 e. The van der Waals surface area contributed by atoms with Crippen LogP contribution in [0.15, 0.2) is 18.5 Å². The van der Waals surface area contributed by atoms with Crippen LogP contribution in [0.25, 0.3) is 0 Å². The van der Waals surface area contributed by atoms with Crippen LogP contribution < -0.4 is 0 Å². The zero-order valence-corrected chi connectivity index (χ0v) is 5.46. The lowest BCUT2D eigenvalue weighted by molar-refractivity contribution is 0.849. The number of aryl methyl sites for hydroxylation is 1. The quantitative estimate of drug-likeness (QED) is 0.493. The molecule has 0 amide bonds. The highest BCUT2D eigenvalue weighted by Crippen LogP contribution is 1.96. The van der Waals surface area contributed by atoms with Crippen LogP contribution >= 0.6 is 0 Å². The van der Waals surface area contributed by atoms with E-state index in [4.69, 9.17) is 6.42 Å². The van der Waals surface area contributed by atoms with Gasteiger partial charge in [-0.3, -0.25) is 0 Å². The molecule has 0 aliphatic carbocycles.